The molecule has 1 aromatic rings. The molecule has 1 atom stereocenters. The first kappa shape index (κ1) is 13.8. The third-order valence-electron chi connectivity index (χ3n) is 3.21. The molecule has 0 saturated carbocycles. The van der Waals surface area contributed by atoms with Crippen molar-refractivity contribution in [2.75, 3.05) is 7.11 Å². The van der Waals surface area contributed by atoms with Gasteiger partial charge in [-0.2, -0.15) is 0 Å². The van der Waals surface area contributed by atoms with E-state index in [-0.39, 0.29) is 10.8 Å². The smallest absolute Gasteiger partial charge is 0.223 e. The lowest BCUT2D eigenvalue weighted by atomic mass is 9.84. The Morgan fingerprint density at radius 3 is 2.47 bits per heavy atom. The molecule has 0 bridgehead atoms. The monoisotopic (exact) mass is 257 g/mol. The van der Waals surface area contributed by atoms with Crippen LogP contribution in [0.3, 0.4) is 0 Å². The Balaban J connectivity index is 3.09. The summed E-state index contributed by atoms with van der Waals surface area (Å²) in [7, 11) is 1.53. The topological polar surface area (TPSA) is 52.4 Å². The molecule has 0 fully saturated rings. The number of ether oxygens (including phenoxy) is 1. The zero-order valence-electron chi connectivity index (χ0n) is 10.4. The molecule has 0 aliphatic rings. The molecule has 17 heavy (non-hydrogen) atoms. The van der Waals surface area contributed by atoms with Crippen molar-refractivity contribution in [1.29, 1.82) is 0 Å². The van der Waals surface area contributed by atoms with Gasteiger partial charge in [0, 0.05) is 18.8 Å². The van der Waals surface area contributed by atoms with Gasteiger partial charge in [0.2, 0.25) is 5.54 Å². The van der Waals surface area contributed by atoms with Gasteiger partial charge in [-0.1, -0.05) is 24.6 Å². The molecule has 0 radical (unpaired) electrons. The largest absolute Gasteiger partial charge is 0.495 e. The van der Waals surface area contributed by atoms with Crippen molar-refractivity contribution in [1.82, 2.24) is 0 Å². The Labute approximate surface area is 106 Å². The van der Waals surface area contributed by atoms with Gasteiger partial charge in [-0.05, 0) is 17.7 Å². The van der Waals surface area contributed by atoms with Crippen LogP contribution in [-0.4, -0.2) is 17.6 Å². The highest BCUT2D eigenvalue weighted by atomic mass is 35.5. The molecule has 5 heteroatoms. The maximum Gasteiger partial charge on any atom is 0.223 e. The molecule has 0 aromatic heterocycles. The molecular weight excluding hydrogens is 242 g/mol. The zero-order valence-corrected chi connectivity index (χ0v) is 11.1. The molecule has 0 N–H and O–H groups in total. The van der Waals surface area contributed by atoms with E-state index in [1.807, 2.05) is 6.92 Å². The van der Waals surface area contributed by atoms with E-state index in [0.717, 1.165) is 5.56 Å². The van der Waals surface area contributed by atoms with Gasteiger partial charge in [0.25, 0.3) is 0 Å². The van der Waals surface area contributed by atoms with Crippen LogP contribution in [0.4, 0.5) is 0 Å². The second kappa shape index (κ2) is 4.92. The van der Waals surface area contributed by atoms with Crippen LogP contribution >= 0.6 is 11.6 Å². The number of rotatable bonds is 4. The minimum Gasteiger partial charge on any atom is -0.495 e. The number of nitro groups is 1. The van der Waals surface area contributed by atoms with Gasteiger partial charge in [-0.25, -0.2) is 0 Å². The summed E-state index contributed by atoms with van der Waals surface area (Å²) in [6.07, 6.45) is 0. The molecule has 0 heterocycles. The number of methoxy groups -OCH3 is 1. The van der Waals surface area contributed by atoms with Crippen molar-refractivity contribution in [2.45, 2.75) is 32.2 Å². The second-order valence-corrected chi connectivity index (χ2v) is 4.93. The fourth-order valence-electron chi connectivity index (χ4n) is 1.52. The van der Waals surface area contributed by atoms with Crippen molar-refractivity contribution in [3.8, 4) is 5.75 Å². The predicted octanol–water partition coefficient (Wildman–Crippen LogP) is 3.51. The van der Waals surface area contributed by atoms with E-state index in [9.17, 15) is 10.1 Å². The van der Waals surface area contributed by atoms with Crippen LogP contribution in [-0.2, 0) is 0 Å². The van der Waals surface area contributed by atoms with Crippen molar-refractivity contribution >= 4 is 11.6 Å². The van der Waals surface area contributed by atoms with Gasteiger partial charge in [-0.3, -0.25) is 10.1 Å². The lowest BCUT2D eigenvalue weighted by molar-refractivity contribution is -0.564. The Hall–Kier alpha value is -1.29. The molecule has 0 aliphatic carbocycles. The first-order valence-electron chi connectivity index (χ1n) is 5.28. The molecule has 0 saturated heterocycles. The summed E-state index contributed by atoms with van der Waals surface area (Å²) in [5.41, 5.74) is -0.199. The summed E-state index contributed by atoms with van der Waals surface area (Å²) in [6.45, 7) is 5.03. The van der Waals surface area contributed by atoms with Crippen molar-refractivity contribution < 1.29 is 9.66 Å². The van der Waals surface area contributed by atoms with Crippen LogP contribution in [0.1, 0.15) is 32.3 Å². The highest BCUT2D eigenvalue weighted by Gasteiger charge is 2.38. The Morgan fingerprint density at radius 2 is 2.06 bits per heavy atom. The zero-order chi connectivity index (χ0) is 13.2. The second-order valence-electron chi connectivity index (χ2n) is 4.53. The quantitative estimate of drug-likeness (QED) is 0.613. The average molecular weight is 258 g/mol. The normalized spacial score (nSPS) is 13.2. The van der Waals surface area contributed by atoms with E-state index >= 15 is 0 Å². The third kappa shape index (κ3) is 2.69. The summed E-state index contributed by atoms with van der Waals surface area (Å²) in [4.78, 5) is 10.7. The first-order valence-corrected chi connectivity index (χ1v) is 5.66. The van der Waals surface area contributed by atoms with Gasteiger partial charge in [0.15, 0.2) is 0 Å². The standard InChI is InChI=1S/C12H16ClNO3/c1-8(12(2,3)14(15)16)9-5-6-11(17-4)10(13)7-9/h5-8H,1-4H3. The maximum absolute atomic E-state index is 11.0. The van der Waals surface area contributed by atoms with Crippen LogP contribution in [0.2, 0.25) is 5.02 Å². The van der Waals surface area contributed by atoms with E-state index in [1.54, 1.807) is 32.0 Å². The average Bonchev–Trinajstić information content (AvgIpc) is 2.27. The van der Waals surface area contributed by atoms with Crippen molar-refractivity contribution in [2.24, 2.45) is 0 Å². The molecule has 1 rings (SSSR count). The van der Waals surface area contributed by atoms with Crippen molar-refractivity contribution in [3.05, 3.63) is 38.9 Å². The van der Waals surface area contributed by atoms with Gasteiger partial charge >= 0.3 is 0 Å². The summed E-state index contributed by atoms with van der Waals surface area (Å²) in [5, 5.41) is 11.5. The molecule has 0 amide bonds. The van der Waals surface area contributed by atoms with Crippen molar-refractivity contribution in [3.63, 3.8) is 0 Å². The van der Waals surface area contributed by atoms with Crippen LogP contribution in [0.15, 0.2) is 18.2 Å². The highest BCUT2D eigenvalue weighted by molar-refractivity contribution is 6.32. The summed E-state index contributed by atoms with van der Waals surface area (Å²) >= 11 is 6.01. The van der Waals surface area contributed by atoms with E-state index in [1.165, 1.54) is 7.11 Å². The predicted molar refractivity (Wildman–Crippen MR) is 67.5 cm³/mol. The summed E-state index contributed by atoms with van der Waals surface area (Å²) in [6, 6.07) is 5.25. The summed E-state index contributed by atoms with van der Waals surface area (Å²) < 4.78 is 5.05. The number of halogens is 1. The van der Waals surface area contributed by atoms with Crippen LogP contribution in [0.5, 0.6) is 5.75 Å². The number of benzene rings is 1. The molecule has 0 spiro atoms. The Morgan fingerprint density at radius 1 is 1.47 bits per heavy atom. The van der Waals surface area contributed by atoms with E-state index in [4.69, 9.17) is 16.3 Å². The number of hydrogen-bond donors (Lipinski definition) is 0. The molecule has 1 unspecified atom stereocenters. The minimum atomic E-state index is -1.03. The Bertz CT molecular complexity index is 432. The van der Waals surface area contributed by atoms with Gasteiger partial charge in [0.05, 0.1) is 18.1 Å². The fourth-order valence-corrected chi connectivity index (χ4v) is 1.78. The SMILES string of the molecule is COc1ccc(C(C)C(C)(C)[N+](=O)[O-])cc1Cl. The Kier molecular flexibility index (Phi) is 3.98. The summed E-state index contributed by atoms with van der Waals surface area (Å²) in [5.74, 6) is 0.336. The van der Waals surface area contributed by atoms with Crippen LogP contribution in [0.25, 0.3) is 0 Å². The fraction of sp³-hybridized carbons (Fsp3) is 0.500. The highest BCUT2D eigenvalue weighted by Crippen LogP contribution is 2.34. The lowest BCUT2D eigenvalue weighted by Gasteiger charge is -2.24. The molecular formula is C12H16ClNO3. The van der Waals surface area contributed by atoms with Gasteiger partial charge in [0.1, 0.15) is 5.75 Å². The minimum absolute atomic E-state index is 0.235. The first-order chi connectivity index (χ1) is 7.80. The molecule has 0 aliphatic heterocycles. The lowest BCUT2D eigenvalue weighted by Crippen LogP contribution is -2.36. The van der Waals surface area contributed by atoms with E-state index in [0.29, 0.717) is 10.8 Å². The third-order valence-corrected chi connectivity index (χ3v) is 3.50. The van der Waals surface area contributed by atoms with Gasteiger partial charge < -0.3 is 4.74 Å². The van der Waals surface area contributed by atoms with Crippen LogP contribution in [0, 0.1) is 10.1 Å². The number of nitrogens with zero attached hydrogens (tertiary/aromatic N) is 1. The van der Waals surface area contributed by atoms with E-state index < -0.39 is 5.54 Å². The number of hydrogen-bond acceptors (Lipinski definition) is 3. The molecule has 4 nitrogen and oxygen atoms in total. The molecule has 1 aromatic carbocycles. The molecule has 94 valence electrons. The van der Waals surface area contributed by atoms with Gasteiger partial charge in [-0.15, -0.1) is 0 Å². The maximum atomic E-state index is 11.0. The van der Waals surface area contributed by atoms with E-state index in [2.05, 4.69) is 0 Å². The van der Waals surface area contributed by atoms with Crippen LogP contribution < -0.4 is 4.74 Å².